The second-order valence-electron chi connectivity index (χ2n) is 5.92. The van der Waals surface area contributed by atoms with Crippen LogP contribution < -0.4 is 10.5 Å². The van der Waals surface area contributed by atoms with Gasteiger partial charge in [0.05, 0.1) is 16.6 Å². The predicted molar refractivity (Wildman–Crippen MR) is 91.1 cm³/mol. The number of hydrogen-bond acceptors (Lipinski definition) is 4. The van der Waals surface area contributed by atoms with E-state index in [1.54, 1.807) is 17.7 Å². The molecular weight excluding hydrogens is 328 g/mol. The van der Waals surface area contributed by atoms with Crippen LogP contribution in [0.4, 0.5) is 0 Å². The van der Waals surface area contributed by atoms with E-state index in [4.69, 9.17) is 5.14 Å². The number of primary sulfonamides is 1. The van der Waals surface area contributed by atoms with Gasteiger partial charge in [-0.1, -0.05) is 6.07 Å². The van der Waals surface area contributed by atoms with Gasteiger partial charge < -0.3 is 5.32 Å². The number of nitrogens with zero attached hydrogens (tertiary/aromatic N) is 2. The van der Waals surface area contributed by atoms with E-state index in [1.165, 1.54) is 12.1 Å². The van der Waals surface area contributed by atoms with E-state index in [1.807, 2.05) is 27.8 Å². The van der Waals surface area contributed by atoms with Gasteiger partial charge in [0.1, 0.15) is 0 Å². The van der Waals surface area contributed by atoms with E-state index in [2.05, 4.69) is 10.4 Å². The SMILES string of the molecule is Cc1ccc(S(N)(=O)=O)cc1C(=O)NC(C)c1c(C)nn(C)c1C. The Morgan fingerprint density at radius 2 is 1.92 bits per heavy atom. The Labute approximate surface area is 141 Å². The molecule has 0 radical (unpaired) electrons. The van der Waals surface area contributed by atoms with Crippen molar-refractivity contribution in [3.63, 3.8) is 0 Å². The van der Waals surface area contributed by atoms with E-state index >= 15 is 0 Å². The van der Waals surface area contributed by atoms with Crippen molar-refractivity contribution in [3.05, 3.63) is 46.3 Å². The van der Waals surface area contributed by atoms with Crippen molar-refractivity contribution in [2.75, 3.05) is 0 Å². The molecule has 2 aromatic rings. The van der Waals surface area contributed by atoms with E-state index in [0.29, 0.717) is 5.56 Å². The number of aryl methyl sites for hydroxylation is 3. The molecule has 0 aliphatic carbocycles. The summed E-state index contributed by atoms with van der Waals surface area (Å²) in [6, 6.07) is 4.00. The maximum atomic E-state index is 12.6. The van der Waals surface area contributed by atoms with Gasteiger partial charge in [0.15, 0.2) is 0 Å². The van der Waals surface area contributed by atoms with E-state index in [9.17, 15) is 13.2 Å². The van der Waals surface area contributed by atoms with Crippen molar-refractivity contribution in [3.8, 4) is 0 Å². The van der Waals surface area contributed by atoms with Gasteiger partial charge in [-0.2, -0.15) is 5.10 Å². The molecule has 24 heavy (non-hydrogen) atoms. The van der Waals surface area contributed by atoms with Crippen molar-refractivity contribution >= 4 is 15.9 Å². The third-order valence-corrected chi connectivity index (χ3v) is 5.04. The van der Waals surface area contributed by atoms with Crippen molar-refractivity contribution in [2.45, 2.75) is 38.6 Å². The lowest BCUT2D eigenvalue weighted by molar-refractivity contribution is 0.0939. The number of sulfonamides is 1. The number of amides is 1. The summed E-state index contributed by atoms with van der Waals surface area (Å²) in [6.45, 7) is 7.43. The molecule has 0 aliphatic heterocycles. The van der Waals surface area contributed by atoms with Gasteiger partial charge in [0.25, 0.3) is 5.91 Å². The van der Waals surface area contributed by atoms with Crippen LogP contribution in [0.2, 0.25) is 0 Å². The highest BCUT2D eigenvalue weighted by atomic mass is 32.2. The summed E-state index contributed by atoms with van der Waals surface area (Å²) in [4.78, 5) is 12.5. The Balaban J connectivity index is 2.33. The minimum atomic E-state index is -3.86. The molecule has 3 N–H and O–H groups in total. The quantitative estimate of drug-likeness (QED) is 0.871. The largest absolute Gasteiger partial charge is 0.345 e. The standard InChI is InChI=1S/C16H22N4O3S/c1-9-6-7-13(24(17,22)23)8-14(9)16(21)18-10(2)15-11(3)19-20(5)12(15)4/h6-8,10H,1-5H3,(H,18,21)(H2,17,22,23). The summed E-state index contributed by atoms with van der Waals surface area (Å²) >= 11 is 0. The lowest BCUT2D eigenvalue weighted by Crippen LogP contribution is -2.28. The summed E-state index contributed by atoms with van der Waals surface area (Å²) in [7, 11) is -2.01. The highest BCUT2D eigenvalue weighted by Crippen LogP contribution is 2.22. The Morgan fingerprint density at radius 1 is 1.29 bits per heavy atom. The maximum Gasteiger partial charge on any atom is 0.252 e. The van der Waals surface area contributed by atoms with Crippen molar-refractivity contribution < 1.29 is 13.2 Å². The fourth-order valence-corrected chi connectivity index (χ4v) is 3.33. The molecule has 0 saturated heterocycles. The molecule has 1 aromatic heterocycles. The molecular formula is C16H22N4O3S. The summed E-state index contributed by atoms with van der Waals surface area (Å²) in [5.74, 6) is -0.354. The topological polar surface area (TPSA) is 107 Å². The molecule has 0 fully saturated rings. The van der Waals surface area contributed by atoms with Crippen molar-refractivity contribution in [2.24, 2.45) is 12.2 Å². The van der Waals surface area contributed by atoms with Crippen molar-refractivity contribution in [1.29, 1.82) is 0 Å². The van der Waals surface area contributed by atoms with Gasteiger partial charge in [0.2, 0.25) is 10.0 Å². The summed E-state index contributed by atoms with van der Waals surface area (Å²) in [5, 5.41) is 12.4. The molecule has 1 aromatic carbocycles. The molecule has 1 atom stereocenters. The summed E-state index contributed by atoms with van der Waals surface area (Å²) < 4.78 is 24.7. The first-order valence-corrected chi connectivity index (χ1v) is 9.01. The van der Waals surface area contributed by atoms with Gasteiger partial charge >= 0.3 is 0 Å². The number of aromatic nitrogens is 2. The van der Waals surface area contributed by atoms with Crippen LogP contribution in [0.1, 0.15) is 45.8 Å². The predicted octanol–water partition coefficient (Wildman–Crippen LogP) is 1.48. The van der Waals surface area contributed by atoms with Gasteiger partial charge in [-0.15, -0.1) is 0 Å². The number of carbonyl (C=O) groups is 1. The zero-order valence-electron chi connectivity index (χ0n) is 14.4. The first-order chi connectivity index (χ1) is 11.0. The van der Waals surface area contributed by atoms with Crippen LogP contribution in [-0.2, 0) is 17.1 Å². The Kier molecular flexibility index (Phi) is 4.82. The van der Waals surface area contributed by atoms with Crippen LogP contribution in [0.5, 0.6) is 0 Å². The maximum absolute atomic E-state index is 12.6. The molecule has 1 heterocycles. The monoisotopic (exact) mass is 350 g/mol. The average Bonchev–Trinajstić information content (AvgIpc) is 2.71. The molecule has 0 spiro atoms. The summed E-state index contributed by atoms with van der Waals surface area (Å²) in [5.41, 5.74) is 3.72. The molecule has 0 bridgehead atoms. The molecule has 0 aliphatic rings. The molecule has 0 saturated carbocycles. The highest BCUT2D eigenvalue weighted by molar-refractivity contribution is 7.89. The van der Waals surface area contributed by atoms with E-state index < -0.39 is 10.0 Å². The first-order valence-electron chi connectivity index (χ1n) is 7.46. The lowest BCUT2D eigenvalue weighted by Gasteiger charge is -2.16. The van der Waals surface area contributed by atoms with Crippen LogP contribution in [0.25, 0.3) is 0 Å². The number of nitrogens with two attached hydrogens (primary N) is 1. The minimum absolute atomic E-state index is 0.0837. The fraction of sp³-hybridized carbons (Fsp3) is 0.375. The van der Waals surface area contributed by atoms with E-state index in [0.717, 1.165) is 17.0 Å². The van der Waals surface area contributed by atoms with Crippen LogP contribution in [0.15, 0.2) is 23.1 Å². The second-order valence-corrected chi connectivity index (χ2v) is 7.49. The lowest BCUT2D eigenvalue weighted by atomic mass is 10.0. The van der Waals surface area contributed by atoms with Gasteiger partial charge in [0, 0.05) is 23.9 Å². The zero-order chi connectivity index (χ0) is 18.2. The third-order valence-electron chi connectivity index (χ3n) is 4.13. The molecule has 8 heteroatoms. The average molecular weight is 350 g/mol. The third kappa shape index (κ3) is 3.49. The van der Waals surface area contributed by atoms with Crippen LogP contribution in [0.3, 0.4) is 0 Å². The highest BCUT2D eigenvalue weighted by Gasteiger charge is 2.20. The zero-order valence-corrected chi connectivity index (χ0v) is 15.2. The number of rotatable bonds is 4. The van der Waals surface area contributed by atoms with Crippen molar-refractivity contribution in [1.82, 2.24) is 15.1 Å². The van der Waals surface area contributed by atoms with Gasteiger partial charge in [-0.05, 0) is 45.4 Å². The van der Waals surface area contributed by atoms with Crippen LogP contribution >= 0.6 is 0 Å². The minimum Gasteiger partial charge on any atom is -0.345 e. The normalized spacial score (nSPS) is 12.9. The number of hydrogen-bond donors (Lipinski definition) is 2. The fourth-order valence-electron chi connectivity index (χ4n) is 2.79. The first kappa shape index (κ1) is 18.2. The van der Waals surface area contributed by atoms with Gasteiger partial charge in [-0.25, -0.2) is 13.6 Å². The molecule has 1 unspecified atom stereocenters. The van der Waals surface area contributed by atoms with Gasteiger partial charge in [-0.3, -0.25) is 9.48 Å². The van der Waals surface area contributed by atoms with Crippen LogP contribution in [0, 0.1) is 20.8 Å². The Bertz CT molecular complexity index is 900. The number of benzene rings is 1. The van der Waals surface area contributed by atoms with Crippen LogP contribution in [-0.4, -0.2) is 24.1 Å². The molecule has 2 rings (SSSR count). The molecule has 130 valence electrons. The molecule has 7 nitrogen and oxygen atoms in total. The Hall–Kier alpha value is -2.19. The second kappa shape index (κ2) is 6.37. The number of nitrogens with one attached hydrogen (secondary N) is 1. The summed E-state index contributed by atoms with van der Waals surface area (Å²) in [6.07, 6.45) is 0. The number of carbonyl (C=O) groups excluding carboxylic acids is 1. The van der Waals surface area contributed by atoms with E-state index in [-0.39, 0.29) is 22.4 Å². The smallest absolute Gasteiger partial charge is 0.252 e. The molecule has 1 amide bonds. The Morgan fingerprint density at radius 3 is 2.42 bits per heavy atom.